The van der Waals surface area contributed by atoms with Crippen LogP contribution < -0.4 is 11.1 Å². The molecule has 116 valence electrons. The topological polar surface area (TPSA) is 102 Å². The number of carbonyl (C=O) groups is 2. The second-order valence-corrected chi connectivity index (χ2v) is 6.76. The highest BCUT2D eigenvalue weighted by Gasteiger charge is 2.33. The van der Waals surface area contributed by atoms with Crippen LogP contribution in [-0.2, 0) is 9.53 Å². The normalized spacial score (nSPS) is 26.9. The molecule has 0 unspecified atom stereocenters. The fraction of sp³-hybridized carbons (Fsp3) is 0.857. The van der Waals surface area contributed by atoms with E-state index in [0.717, 1.165) is 12.8 Å². The number of hydrogen-bond acceptors (Lipinski definition) is 4. The highest BCUT2D eigenvalue weighted by atomic mass is 16.6. The van der Waals surface area contributed by atoms with Crippen LogP contribution in [-0.4, -0.2) is 34.9 Å². The average molecular weight is 286 g/mol. The number of carboxylic acid groups (broad SMARTS) is 1. The summed E-state index contributed by atoms with van der Waals surface area (Å²) >= 11 is 0. The van der Waals surface area contributed by atoms with E-state index in [1.807, 2.05) is 20.8 Å². The summed E-state index contributed by atoms with van der Waals surface area (Å²) in [6.07, 6.45) is 2.63. The third-order valence-corrected chi connectivity index (χ3v) is 3.54. The first kappa shape index (κ1) is 16.8. The Balaban J connectivity index is 2.29. The Morgan fingerprint density at radius 2 is 1.90 bits per heavy atom. The van der Waals surface area contributed by atoms with Gasteiger partial charge < -0.3 is 20.9 Å². The van der Waals surface area contributed by atoms with E-state index in [1.165, 1.54) is 0 Å². The molecule has 20 heavy (non-hydrogen) atoms. The van der Waals surface area contributed by atoms with Crippen LogP contribution >= 0.6 is 0 Å². The minimum atomic E-state index is -0.849. The van der Waals surface area contributed by atoms with E-state index < -0.39 is 23.2 Å². The molecule has 0 bridgehead atoms. The fourth-order valence-electron chi connectivity index (χ4n) is 2.48. The van der Waals surface area contributed by atoms with E-state index in [9.17, 15) is 9.59 Å². The van der Waals surface area contributed by atoms with Gasteiger partial charge in [0, 0.05) is 12.1 Å². The Hall–Kier alpha value is -1.30. The van der Waals surface area contributed by atoms with Gasteiger partial charge in [0.1, 0.15) is 5.60 Å². The third kappa shape index (κ3) is 6.23. The van der Waals surface area contributed by atoms with Crippen LogP contribution in [0, 0.1) is 5.92 Å². The van der Waals surface area contributed by atoms with Crippen molar-refractivity contribution in [3.63, 3.8) is 0 Å². The van der Waals surface area contributed by atoms with Crippen molar-refractivity contribution >= 4 is 12.1 Å². The number of rotatable bonds is 4. The maximum absolute atomic E-state index is 11.5. The van der Waals surface area contributed by atoms with Crippen molar-refractivity contribution in [1.82, 2.24) is 5.32 Å². The molecule has 1 aliphatic rings. The van der Waals surface area contributed by atoms with Gasteiger partial charge in [-0.2, -0.15) is 0 Å². The van der Waals surface area contributed by atoms with E-state index in [2.05, 4.69) is 5.32 Å². The van der Waals surface area contributed by atoms with Gasteiger partial charge in [-0.15, -0.1) is 0 Å². The number of nitrogens with one attached hydrogen (secondary N) is 1. The standard InChI is InChI=1S/C14H26N2O4/c1-13(2,3)20-12(19)16-9-10-4-6-14(15,7-5-10)8-11(17)18/h10H,4-9,15H2,1-3H3,(H,16,19)(H,17,18). The van der Waals surface area contributed by atoms with Gasteiger partial charge in [-0.05, 0) is 52.4 Å². The summed E-state index contributed by atoms with van der Waals surface area (Å²) < 4.78 is 5.17. The predicted molar refractivity (Wildman–Crippen MR) is 75.4 cm³/mol. The molecule has 1 fully saturated rings. The summed E-state index contributed by atoms with van der Waals surface area (Å²) in [5.74, 6) is -0.509. The second kappa shape index (κ2) is 6.43. The van der Waals surface area contributed by atoms with Crippen molar-refractivity contribution in [3.8, 4) is 0 Å². The predicted octanol–water partition coefficient (Wildman–Crippen LogP) is 1.87. The number of ether oxygens (including phenoxy) is 1. The molecule has 0 aliphatic heterocycles. The maximum Gasteiger partial charge on any atom is 0.407 e. The molecule has 0 spiro atoms. The first-order valence-electron chi connectivity index (χ1n) is 7.07. The summed E-state index contributed by atoms with van der Waals surface area (Å²) in [7, 11) is 0. The number of alkyl carbamates (subject to hydrolysis) is 1. The molecule has 0 aromatic rings. The molecule has 0 saturated heterocycles. The van der Waals surface area contributed by atoms with Gasteiger partial charge in [0.25, 0.3) is 0 Å². The zero-order valence-electron chi connectivity index (χ0n) is 12.6. The second-order valence-electron chi connectivity index (χ2n) is 6.76. The molecule has 0 aromatic heterocycles. The maximum atomic E-state index is 11.5. The Kier molecular flexibility index (Phi) is 5.39. The smallest absolute Gasteiger partial charge is 0.407 e. The molecule has 0 radical (unpaired) electrons. The van der Waals surface area contributed by atoms with Gasteiger partial charge in [0.15, 0.2) is 0 Å². The molecule has 6 nitrogen and oxygen atoms in total. The zero-order chi connectivity index (χ0) is 15.4. The molecule has 0 aromatic carbocycles. The van der Waals surface area contributed by atoms with Crippen LogP contribution in [0.2, 0.25) is 0 Å². The first-order valence-corrected chi connectivity index (χ1v) is 7.07. The number of carboxylic acids is 1. The molecule has 6 heteroatoms. The monoisotopic (exact) mass is 286 g/mol. The average Bonchev–Trinajstić information content (AvgIpc) is 2.24. The Labute approximate surface area is 120 Å². The summed E-state index contributed by atoms with van der Waals surface area (Å²) in [5.41, 5.74) is 4.98. The van der Waals surface area contributed by atoms with Crippen LogP contribution in [0.25, 0.3) is 0 Å². The van der Waals surface area contributed by atoms with Gasteiger partial charge in [0.05, 0.1) is 6.42 Å². The molecule has 1 amide bonds. The lowest BCUT2D eigenvalue weighted by Crippen LogP contribution is -2.46. The van der Waals surface area contributed by atoms with Gasteiger partial charge in [-0.1, -0.05) is 0 Å². The van der Waals surface area contributed by atoms with Crippen LogP contribution in [0.3, 0.4) is 0 Å². The van der Waals surface area contributed by atoms with E-state index in [0.29, 0.717) is 25.3 Å². The van der Waals surface area contributed by atoms with Crippen molar-refractivity contribution in [2.45, 2.75) is 64.0 Å². The van der Waals surface area contributed by atoms with Crippen LogP contribution in [0.4, 0.5) is 4.79 Å². The van der Waals surface area contributed by atoms with Crippen LogP contribution in [0.1, 0.15) is 52.9 Å². The lowest BCUT2D eigenvalue weighted by Gasteiger charge is -2.36. The van der Waals surface area contributed by atoms with Crippen LogP contribution in [0.5, 0.6) is 0 Å². The molecule has 1 aliphatic carbocycles. The summed E-state index contributed by atoms with van der Waals surface area (Å²) in [4.78, 5) is 22.3. The SMILES string of the molecule is CC(C)(C)OC(=O)NCC1CCC(N)(CC(=O)O)CC1. The highest BCUT2D eigenvalue weighted by molar-refractivity contribution is 5.68. The van der Waals surface area contributed by atoms with Crippen molar-refractivity contribution in [3.05, 3.63) is 0 Å². The summed E-state index contributed by atoms with van der Waals surface area (Å²) in [6.45, 7) is 6.02. The van der Waals surface area contributed by atoms with Gasteiger partial charge >= 0.3 is 12.1 Å². The number of carbonyl (C=O) groups excluding carboxylic acids is 1. The van der Waals surface area contributed by atoms with E-state index in [4.69, 9.17) is 15.6 Å². The van der Waals surface area contributed by atoms with Gasteiger partial charge in [-0.3, -0.25) is 4.79 Å². The molecular formula is C14H26N2O4. The number of hydrogen-bond donors (Lipinski definition) is 3. The molecule has 0 atom stereocenters. The molecule has 4 N–H and O–H groups in total. The summed E-state index contributed by atoms with van der Waals surface area (Å²) in [5, 5.41) is 11.6. The van der Waals surface area contributed by atoms with E-state index in [-0.39, 0.29) is 6.42 Å². The molecule has 1 rings (SSSR count). The Morgan fingerprint density at radius 3 is 2.35 bits per heavy atom. The minimum absolute atomic E-state index is 0.0131. The molecule has 0 heterocycles. The van der Waals surface area contributed by atoms with E-state index in [1.54, 1.807) is 0 Å². The van der Waals surface area contributed by atoms with Crippen molar-refractivity contribution in [2.75, 3.05) is 6.54 Å². The van der Waals surface area contributed by atoms with Crippen molar-refractivity contribution in [1.29, 1.82) is 0 Å². The fourth-order valence-corrected chi connectivity index (χ4v) is 2.48. The zero-order valence-corrected chi connectivity index (χ0v) is 12.6. The quantitative estimate of drug-likeness (QED) is 0.732. The number of aliphatic carboxylic acids is 1. The number of nitrogens with two attached hydrogens (primary N) is 1. The summed E-state index contributed by atoms with van der Waals surface area (Å²) in [6, 6.07) is 0. The minimum Gasteiger partial charge on any atom is -0.481 e. The Bertz CT molecular complexity index is 355. The lowest BCUT2D eigenvalue weighted by molar-refractivity contribution is -0.138. The largest absolute Gasteiger partial charge is 0.481 e. The third-order valence-electron chi connectivity index (χ3n) is 3.54. The molecular weight excluding hydrogens is 260 g/mol. The van der Waals surface area contributed by atoms with Crippen molar-refractivity contribution < 1.29 is 19.4 Å². The number of amides is 1. The molecule has 1 saturated carbocycles. The highest BCUT2D eigenvalue weighted by Crippen LogP contribution is 2.32. The van der Waals surface area contributed by atoms with E-state index >= 15 is 0 Å². The van der Waals surface area contributed by atoms with Gasteiger partial charge in [-0.25, -0.2) is 4.79 Å². The van der Waals surface area contributed by atoms with Gasteiger partial charge in [0.2, 0.25) is 0 Å². The Morgan fingerprint density at radius 1 is 1.35 bits per heavy atom. The first-order chi connectivity index (χ1) is 9.10. The lowest BCUT2D eigenvalue weighted by atomic mass is 9.75. The van der Waals surface area contributed by atoms with Crippen LogP contribution in [0.15, 0.2) is 0 Å². The van der Waals surface area contributed by atoms with Crippen molar-refractivity contribution in [2.24, 2.45) is 11.7 Å².